The van der Waals surface area contributed by atoms with Gasteiger partial charge in [0.1, 0.15) is 0 Å². The second kappa shape index (κ2) is 7.12. The zero-order valence-corrected chi connectivity index (χ0v) is 14.6. The van der Waals surface area contributed by atoms with Crippen LogP contribution in [0.15, 0.2) is 66.9 Å². The van der Waals surface area contributed by atoms with Crippen LogP contribution in [0.1, 0.15) is 29.5 Å². The molecule has 1 aliphatic rings. The van der Waals surface area contributed by atoms with Crippen LogP contribution in [0.5, 0.6) is 0 Å². The molecular formula is C23H24N2. The second-order valence-corrected chi connectivity index (χ2v) is 6.78. The summed E-state index contributed by atoms with van der Waals surface area (Å²) in [5.74, 6) is 0. The van der Waals surface area contributed by atoms with Gasteiger partial charge >= 0.3 is 0 Å². The van der Waals surface area contributed by atoms with Gasteiger partial charge in [0.2, 0.25) is 0 Å². The van der Waals surface area contributed by atoms with Gasteiger partial charge in [-0.05, 0) is 48.1 Å². The average molecular weight is 328 g/mol. The molecule has 0 bridgehead atoms. The number of benzene rings is 2. The normalized spacial score (nSPS) is 18.0. The summed E-state index contributed by atoms with van der Waals surface area (Å²) < 4.78 is 0. The fraction of sp³-hybridized carbons (Fsp3) is 0.217. The number of aryl methyl sites for hydroxylation is 1. The van der Waals surface area contributed by atoms with Gasteiger partial charge in [0.15, 0.2) is 0 Å². The van der Waals surface area contributed by atoms with E-state index in [9.17, 15) is 0 Å². The number of H-pyrrole nitrogens is 1. The third-order valence-electron chi connectivity index (χ3n) is 5.05. The van der Waals surface area contributed by atoms with Crippen molar-refractivity contribution in [1.29, 1.82) is 0 Å². The lowest BCUT2D eigenvalue weighted by Gasteiger charge is -2.23. The Morgan fingerprint density at radius 1 is 1.08 bits per heavy atom. The maximum Gasteiger partial charge on any atom is 0.0489 e. The van der Waals surface area contributed by atoms with E-state index in [1.54, 1.807) is 0 Å². The average Bonchev–Trinajstić information content (AvgIpc) is 3.16. The molecule has 0 spiro atoms. The standard InChI is InChI=1S/C23H24N2/c1-17-10-11-19(22-13-15-25-23(17)22)8-5-9-21-16-20(12-14-24-21)18-6-3-2-4-7-18/h2-8,10-13,15,21,24-25H,9,14,16H2,1H3. The molecule has 0 aliphatic carbocycles. The zero-order valence-electron chi connectivity index (χ0n) is 14.6. The fourth-order valence-electron chi connectivity index (χ4n) is 3.65. The Hall–Kier alpha value is -2.58. The van der Waals surface area contributed by atoms with Crippen LogP contribution in [-0.4, -0.2) is 17.6 Å². The third-order valence-corrected chi connectivity index (χ3v) is 5.05. The highest BCUT2D eigenvalue weighted by Gasteiger charge is 2.14. The molecular weight excluding hydrogens is 304 g/mol. The van der Waals surface area contributed by atoms with Crippen molar-refractivity contribution in [3.8, 4) is 0 Å². The Morgan fingerprint density at radius 2 is 1.96 bits per heavy atom. The summed E-state index contributed by atoms with van der Waals surface area (Å²) in [5.41, 5.74) is 6.64. The molecule has 4 rings (SSSR count). The Kier molecular flexibility index (Phi) is 4.53. The van der Waals surface area contributed by atoms with Crippen LogP contribution >= 0.6 is 0 Å². The number of rotatable bonds is 4. The number of aromatic nitrogens is 1. The van der Waals surface area contributed by atoms with Crippen molar-refractivity contribution in [1.82, 2.24) is 10.3 Å². The predicted octanol–water partition coefficient (Wildman–Crippen LogP) is 5.33. The maximum absolute atomic E-state index is 3.61. The van der Waals surface area contributed by atoms with Gasteiger partial charge in [-0.3, -0.25) is 0 Å². The first kappa shape index (κ1) is 15.9. The molecule has 1 aromatic heterocycles. The van der Waals surface area contributed by atoms with Crippen molar-refractivity contribution in [3.05, 3.63) is 83.6 Å². The first-order valence-electron chi connectivity index (χ1n) is 9.02. The summed E-state index contributed by atoms with van der Waals surface area (Å²) in [6, 6.07) is 17.8. The highest BCUT2D eigenvalue weighted by atomic mass is 14.9. The topological polar surface area (TPSA) is 27.8 Å². The van der Waals surface area contributed by atoms with E-state index in [1.165, 1.54) is 33.2 Å². The third kappa shape index (κ3) is 3.45. The van der Waals surface area contributed by atoms with Gasteiger partial charge in [-0.15, -0.1) is 0 Å². The number of fused-ring (bicyclic) bond motifs is 1. The van der Waals surface area contributed by atoms with Crippen LogP contribution in [0, 0.1) is 6.92 Å². The Morgan fingerprint density at radius 3 is 2.84 bits per heavy atom. The molecule has 25 heavy (non-hydrogen) atoms. The molecule has 1 aliphatic heterocycles. The van der Waals surface area contributed by atoms with E-state index in [-0.39, 0.29) is 0 Å². The van der Waals surface area contributed by atoms with E-state index in [2.05, 4.69) is 84.0 Å². The molecule has 1 unspecified atom stereocenters. The summed E-state index contributed by atoms with van der Waals surface area (Å²) in [6.45, 7) is 3.10. The molecule has 0 fully saturated rings. The SMILES string of the molecule is Cc1ccc(C=CCC2CC(c3ccccc3)=CCN2)c2cc[nH]c12. The molecule has 2 nitrogen and oxygen atoms in total. The van der Waals surface area contributed by atoms with Crippen LogP contribution in [0.25, 0.3) is 22.6 Å². The quantitative estimate of drug-likeness (QED) is 0.666. The zero-order chi connectivity index (χ0) is 17.1. The molecule has 2 aromatic carbocycles. The lowest BCUT2D eigenvalue weighted by Crippen LogP contribution is -2.32. The minimum atomic E-state index is 0.503. The van der Waals surface area contributed by atoms with E-state index in [1.807, 2.05) is 6.20 Å². The molecule has 2 N–H and O–H groups in total. The van der Waals surface area contributed by atoms with Gasteiger partial charge < -0.3 is 10.3 Å². The summed E-state index contributed by atoms with van der Waals surface area (Å²) in [6.07, 6.45) is 11.0. The van der Waals surface area contributed by atoms with Crippen LogP contribution in [0.2, 0.25) is 0 Å². The van der Waals surface area contributed by atoms with E-state index in [0.29, 0.717) is 6.04 Å². The lowest BCUT2D eigenvalue weighted by atomic mass is 9.93. The molecule has 0 amide bonds. The van der Waals surface area contributed by atoms with Crippen molar-refractivity contribution in [2.24, 2.45) is 0 Å². The van der Waals surface area contributed by atoms with Gasteiger partial charge in [-0.1, -0.05) is 60.7 Å². The molecule has 126 valence electrons. The minimum absolute atomic E-state index is 0.503. The summed E-state index contributed by atoms with van der Waals surface area (Å²) in [5, 5.41) is 4.92. The van der Waals surface area contributed by atoms with Crippen molar-refractivity contribution in [3.63, 3.8) is 0 Å². The van der Waals surface area contributed by atoms with Crippen LogP contribution in [-0.2, 0) is 0 Å². The largest absolute Gasteiger partial charge is 0.361 e. The van der Waals surface area contributed by atoms with Crippen LogP contribution < -0.4 is 5.32 Å². The number of hydrogen-bond donors (Lipinski definition) is 2. The summed E-state index contributed by atoms with van der Waals surface area (Å²) >= 11 is 0. The molecule has 3 aromatic rings. The van der Waals surface area contributed by atoms with E-state index in [0.717, 1.165) is 19.4 Å². The van der Waals surface area contributed by atoms with Gasteiger partial charge in [0, 0.05) is 29.7 Å². The first-order valence-corrected chi connectivity index (χ1v) is 9.02. The first-order chi connectivity index (χ1) is 12.3. The van der Waals surface area contributed by atoms with Crippen LogP contribution in [0.3, 0.4) is 0 Å². The van der Waals surface area contributed by atoms with Crippen molar-refractivity contribution >= 4 is 22.6 Å². The van der Waals surface area contributed by atoms with Gasteiger partial charge in [0.25, 0.3) is 0 Å². The minimum Gasteiger partial charge on any atom is -0.361 e. The lowest BCUT2D eigenvalue weighted by molar-refractivity contribution is 0.542. The molecule has 2 heterocycles. The van der Waals surface area contributed by atoms with Crippen molar-refractivity contribution in [2.75, 3.05) is 6.54 Å². The highest BCUT2D eigenvalue weighted by Crippen LogP contribution is 2.25. The maximum atomic E-state index is 3.61. The van der Waals surface area contributed by atoms with E-state index in [4.69, 9.17) is 0 Å². The smallest absolute Gasteiger partial charge is 0.0489 e. The fourth-order valence-corrected chi connectivity index (χ4v) is 3.65. The number of aromatic amines is 1. The Labute approximate surface area is 149 Å². The molecule has 0 saturated heterocycles. The van der Waals surface area contributed by atoms with Crippen LogP contribution in [0.4, 0.5) is 0 Å². The molecule has 2 heteroatoms. The monoisotopic (exact) mass is 328 g/mol. The van der Waals surface area contributed by atoms with Gasteiger partial charge in [-0.25, -0.2) is 0 Å². The second-order valence-electron chi connectivity index (χ2n) is 6.78. The molecule has 1 atom stereocenters. The van der Waals surface area contributed by atoms with Crippen molar-refractivity contribution < 1.29 is 0 Å². The van der Waals surface area contributed by atoms with Gasteiger partial charge in [0.05, 0.1) is 0 Å². The number of hydrogen-bond acceptors (Lipinski definition) is 1. The summed E-state index contributed by atoms with van der Waals surface area (Å²) in [7, 11) is 0. The summed E-state index contributed by atoms with van der Waals surface area (Å²) in [4.78, 5) is 3.34. The van der Waals surface area contributed by atoms with Crippen molar-refractivity contribution in [2.45, 2.75) is 25.8 Å². The highest BCUT2D eigenvalue weighted by molar-refractivity contribution is 5.90. The Balaban J connectivity index is 1.44. The number of nitrogens with one attached hydrogen (secondary N) is 2. The Bertz CT molecular complexity index is 916. The predicted molar refractivity (Wildman–Crippen MR) is 108 cm³/mol. The van der Waals surface area contributed by atoms with E-state index < -0.39 is 0 Å². The molecule has 0 radical (unpaired) electrons. The van der Waals surface area contributed by atoms with Gasteiger partial charge in [-0.2, -0.15) is 0 Å². The molecule has 0 saturated carbocycles. The van der Waals surface area contributed by atoms with E-state index >= 15 is 0 Å².